The molecule has 1 fully saturated rings. The lowest BCUT2D eigenvalue weighted by Gasteiger charge is -2.29. The molecule has 0 radical (unpaired) electrons. The minimum atomic E-state index is -0.813. The molecule has 0 bridgehead atoms. The fourth-order valence-corrected chi connectivity index (χ4v) is 2.20. The SMILES string of the molecule is CN1CCC(Oc2cccc(CC(=O)O)c2)CC1. The average Bonchev–Trinajstić information content (AvgIpc) is 2.32. The van der Waals surface area contributed by atoms with Crippen molar-refractivity contribution in [1.82, 2.24) is 4.90 Å². The molecule has 0 atom stereocenters. The topological polar surface area (TPSA) is 49.8 Å². The minimum absolute atomic E-state index is 0.0462. The molecule has 2 rings (SSSR count). The van der Waals surface area contributed by atoms with Crippen molar-refractivity contribution < 1.29 is 14.6 Å². The molecule has 98 valence electrons. The molecular weight excluding hydrogens is 230 g/mol. The zero-order valence-electron chi connectivity index (χ0n) is 10.6. The predicted octanol–water partition coefficient (Wildman–Crippen LogP) is 1.79. The molecule has 0 amide bonds. The van der Waals surface area contributed by atoms with Crippen LogP contribution in [0.1, 0.15) is 18.4 Å². The van der Waals surface area contributed by atoms with Crippen molar-refractivity contribution >= 4 is 5.97 Å². The van der Waals surface area contributed by atoms with E-state index < -0.39 is 5.97 Å². The van der Waals surface area contributed by atoms with Crippen LogP contribution in [0.15, 0.2) is 24.3 Å². The van der Waals surface area contributed by atoms with Gasteiger partial charge in [-0.2, -0.15) is 0 Å². The van der Waals surface area contributed by atoms with Gasteiger partial charge in [-0.25, -0.2) is 0 Å². The van der Waals surface area contributed by atoms with Crippen molar-refractivity contribution in [2.75, 3.05) is 20.1 Å². The molecule has 1 aliphatic heterocycles. The van der Waals surface area contributed by atoms with Crippen LogP contribution < -0.4 is 4.74 Å². The Balaban J connectivity index is 1.94. The van der Waals surface area contributed by atoms with E-state index in [-0.39, 0.29) is 12.5 Å². The molecule has 1 heterocycles. The maximum absolute atomic E-state index is 10.7. The van der Waals surface area contributed by atoms with E-state index in [2.05, 4.69) is 11.9 Å². The summed E-state index contributed by atoms with van der Waals surface area (Å²) in [4.78, 5) is 13.0. The number of rotatable bonds is 4. The van der Waals surface area contributed by atoms with Crippen LogP contribution >= 0.6 is 0 Å². The van der Waals surface area contributed by atoms with Crippen molar-refractivity contribution in [2.45, 2.75) is 25.4 Å². The number of carboxylic acid groups (broad SMARTS) is 1. The van der Waals surface area contributed by atoms with Gasteiger partial charge in [0.15, 0.2) is 0 Å². The smallest absolute Gasteiger partial charge is 0.307 e. The van der Waals surface area contributed by atoms with Crippen molar-refractivity contribution in [3.05, 3.63) is 29.8 Å². The fraction of sp³-hybridized carbons (Fsp3) is 0.500. The Labute approximate surface area is 107 Å². The molecule has 0 spiro atoms. The van der Waals surface area contributed by atoms with Crippen LogP contribution in [0.25, 0.3) is 0 Å². The summed E-state index contributed by atoms with van der Waals surface area (Å²) in [5, 5.41) is 8.76. The number of carbonyl (C=O) groups is 1. The molecule has 1 aliphatic rings. The molecule has 18 heavy (non-hydrogen) atoms. The molecule has 0 saturated carbocycles. The lowest BCUT2D eigenvalue weighted by molar-refractivity contribution is -0.136. The Bertz CT molecular complexity index is 411. The number of aliphatic carboxylic acids is 1. The number of piperidine rings is 1. The highest BCUT2D eigenvalue weighted by Gasteiger charge is 2.18. The van der Waals surface area contributed by atoms with Gasteiger partial charge in [-0.3, -0.25) is 4.79 Å². The summed E-state index contributed by atoms with van der Waals surface area (Å²) in [6, 6.07) is 7.38. The third-order valence-corrected chi connectivity index (χ3v) is 3.22. The van der Waals surface area contributed by atoms with Gasteiger partial charge in [0, 0.05) is 13.1 Å². The first-order chi connectivity index (χ1) is 8.63. The summed E-state index contributed by atoms with van der Waals surface area (Å²) in [5.74, 6) is -0.0326. The Morgan fingerprint density at radius 3 is 2.83 bits per heavy atom. The summed E-state index contributed by atoms with van der Waals surface area (Å²) < 4.78 is 5.91. The zero-order valence-corrected chi connectivity index (χ0v) is 10.6. The maximum Gasteiger partial charge on any atom is 0.307 e. The number of hydrogen-bond acceptors (Lipinski definition) is 3. The Morgan fingerprint density at radius 2 is 2.17 bits per heavy atom. The Hall–Kier alpha value is -1.55. The number of benzene rings is 1. The van der Waals surface area contributed by atoms with Crippen LogP contribution in [-0.4, -0.2) is 42.2 Å². The van der Waals surface area contributed by atoms with E-state index in [4.69, 9.17) is 9.84 Å². The zero-order chi connectivity index (χ0) is 13.0. The molecule has 1 aromatic carbocycles. The third kappa shape index (κ3) is 3.74. The van der Waals surface area contributed by atoms with Gasteiger partial charge in [0.05, 0.1) is 6.42 Å². The van der Waals surface area contributed by atoms with E-state index in [1.807, 2.05) is 24.3 Å². The molecule has 4 nitrogen and oxygen atoms in total. The first-order valence-corrected chi connectivity index (χ1v) is 6.29. The van der Waals surface area contributed by atoms with Crippen LogP contribution in [0, 0.1) is 0 Å². The summed E-state index contributed by atoms with van der Waals surface area (Å²) in [6.45, 7) is 2.11. The number of ether oxygens (including phenoxy) is 1. The second-order valence-corrected chi connectivity index (χ2v) is 4.84. The second kappa shape index (κ2) is 5.87. The molecule has 1 aromatic rings. The number of hydrogen-bond donors (Lipinski definition) is 1. The average molecular weight is 249 g/mol. The molecule has 4 heteroatoms. The lowest BCUT2D eigenvalue weighted by atomic mass is 10.1. The largest absolute Gasteiger partial charge is 0.490 e. The normalized spacial score (nSPS) is 17.6. The lowest BCUT2D eigenvalue weighted by Crippen LogP contribution is -2.35. The molecule has 0 aliphatic carbocycles. The summed E-state index contributed by atoms with van der Waals surface area (Å²) in [6.07, 6.45) is 2.35. The summed E-state index contributed by atoms with van der Waals surface area (Å²) >= 11 is 0. The molecule has 1 N–H and O–H groups in total. The van der Waals surface area contributed by atoms with Gasteiger partial charge in [0.2, 0.25) is 0 Å². The van der Waals surface area contributed by atoms with E-state index >= 15 is 0 Å². The van der Waals surface area contributed by atoms with E-state index in [1.54, 1.807) is 0 Å². The number of likely N-dealkylation sites (tertiary alicyclic amines) is 1. The molecule has 1 saturated heterocycles. The van der Waals surface area contributed by atoms with Crippen LogP contribution in [0.5, 0.6) is 5.75 Å². The second-order valence-electron chi connectivity index (χ2n) is 4.84. The van der Waals surface area contributed by atoms with Crippen LogP contribution in [0.2, 0.25) is 0 Å². The van der Waals surface area contributed by atoms with Gasteiger partial charge in [0.1, 0.15) is 11.9 Å². The van der Waals surface area contributed by atoms with Gasteiger partial charge < -0.3 is 14.7 Å². The summed E-state index contributed by atoms with van der Waals surface area (Å²) in [5.41, 5.74) is 0.785. The fourth-order valence-electron chi connectivity index (χ4n) is 2.20. The van der Waals surface area contributed by atoms with Gasteiger partial charge in [-0.1, -0.05) is 12.1 Å². The molecular formula is C14H19NO3. The van der Waals surface area contributed by atoms with E-state index in [0.717, 1.165) is 37.2 Å². The quantitative estimate of drug-likeness (QED) is 0.883. The van der Waals surface area contributed by atoms with E-state index in [0.29, 0.717) is 0 Å². The number of nitrogens with zero attached hydrogens (tertiary/aromatic N) is 1. The first kappa shape index (κ1) is 12.9. The van der Waals surface area contributed by atoms with Gasteiger partial charge in [-0.05, 0) is 37.6 Å². The highest BCUT2D eigenvalue weighted by atomic mass is 16.5. The van der Waals surface area contributed by atoms with Crippen molar-refractivity contribution in [3.63, 3.8) is 0 Å². The van der Waals surface area contributed by atoms with Crippen LogP contribution in [0.4, 0.5) is 0 Å². The highest BCUT2D eigenvalue weighted by Crippen LogP contribution is 2.19. The number of carboxylic acids is 1. The van der Waals surface area contributed by atoms with Gasteiger partial charge >= 0.3 is 5.97 Å². The monoisotopic (exact) mass is 249 g/mol. The third-order valence-electron chi connectivity index (χ3n) is 3.22. The van der Waals surface area contributed by atoms with Crippen LogP contribution in [0.3, 0.4) is 0 Å². The van der Waals surface area contributed by atoms with Crippen molar-refractivity contribution in [1.29, 1.82) is 0 Å². The van der Waals surface area contributed by atoms with E-state index in [1.165, 1.54) is 0 Å². The van der Waals surface area contributed by atoms with Crippen LogP contribution in [-0.2, 0) is 11.2 Å². The Kier molecular flexibility index (Phi) is 4.20. The van der Waals surface area contributed by atoms with Crippen molar-refractivity contribution in [3.8, 4) is 5.75 Å². The molecule has 0 aromatic heterocycles. The predicted molar refractivity (Wildman–Crippen MR) is 68.9 cm³/mol. The first-order valence-electron chi connectivity index (χ1n) is 6.29. The summed E-state index contributed by atoms with van der Waals surface area (Å²) in [7, 11) is 2.11. The van der Waals surface area contributed by atoms with Gasteiger partial charge in [-0.15, -0.1) is 0 Å². The highest BCUT2D eigenvalue weighted by molar-refractivity contribution is 5.70. The standard InChI is InChI=1S/C14H19NO3/c1-15-7-5-12(6-8-15)18-13-4-2-3-11(9-13)10-14(16)17/h2-4,9,12H,5-8,10H2,1H3,(H,16,17). The minimum Gasteiger partial charge on any atom is -0.490 e. The maximum atomic E-state index is 10.7. The van der Waals surface area contributed by atoms with E-state index in [9.17, 15) is 4.79 Å². The van der Waals surface area contributed by atoms with Crippen molar-refractivity contribution in [2.24, 2.45) is 0 Å². The van der Waals surface area contributed by atoms with Gasteiger partial charge in [0.25, 0.3) is 0 Å². The molecule has 0 unspecified atom stereocenters. The Morgan fingerprint density at radius 1 is 1.44 bits per heavy atom.